The lowest BCUT2D eigenvalue weighted by atomic mass is 10.2. The molecular weight excluding hydrogens is 372 g/mol. The minimum absolute atomic E-state index is 0.178. The molecule has 0 aliphatic heterocycles. The van der Waals surface area contributed by atoms with Crippen LogP contribution in [0.25, 0.3) is 11.0 Å². The van der Waals surface area contributed by atoms with Crippen molar-refractivity contribution in [3.63, 3.8) is 0 Å². The van der Waals surface area contributed by atoms with E-state index in [4.69, 9.17) is 11.6 Å². The van der Waals surface area contributed by atoms with Gasteiger partial charge < -0.3 is 4.55 Å². The standard InChI is InChI=1S/C12H16ClN2.C7H8O3S/c1-4-14-9(3)15(5-2)12-8-10(13)6-7-11(12)14;1-6-2-4-7(5-3-6)11(8,9)10/h6-8H,4-5H2,1-3H3;2-5H,1H3,(H,8,9,10)/q+1;/p-1. The normalized spacial score (nSPS) is 11.3. The van der Waals surface area contributed by atoms with Crippen molar-refractivity contribution in [3.05, 3.63) is 58.9 Å². The van der Waals surface area contributed by atoms with Gasteiger partial charge in [0.05, 0.1) is 18.0 Å². The summed E-state index contributed by atoms with van der Waals surface area (Å²) in [5.74, 6) is 1.29. The molecule has 0 unspecified atom stereocenters. The molecular formula is C19H23ClN2O3S. The lowest BCUT2D eigenvalue weighted by Gasteiger charge is -2.05. The van der Waals surface area contributed by atoms with E-state index in [0.717, 1.165) is 23.7 Å². The Balaban J connectivity index is 0.000000197. The zero-order chi connectivity index (χ0) is 19.5. The third-order valence-corrected chi connectivity index (χ3v) is 5.33. The van der Waals surface area contributed by atoms with Gasteiger partial charge in [-0.2, -0.15) is 0 Å². The van der Waals surface area contributed by atoms with Crippen LogP contribution in [0, 0.1) is 13.8 Å². The van der Waals surface area contributed by atoms with Crippen LogP contribution < -0.4 is 4.57 Å². The zero-order valence-corrected chi connectivity index (χ0v) is 16.9. The number of hydrogen-bond donors (Lipinski definition) is 0. The molecule has 0 radical (unpaired) electrons. The van der Waals surface area contributed by atoms with Gasteiger partial charge in [-0.3, -0.25) is 0 Å². The van der Waals surface area contributed by atoms with E-state index in [2.05, 4.69) is 36.0 Å². The number of nitrogens with zero attached hydrogens (tertiary/aromatic N) is 2. The highest BCUT2D eigenvalue weighted by molar-refractivity contribution is 7.85. The summed E-state index contributed by atoms with van der Waals surface area (Å²) in [7, 11) is -4.27. The molecule has 1 aromatic heterocycles. The Labute approximate surface area is 159 Å². The molecule has 0 atom stereocenters. The fourth-order valence-corrected chi connectivity index (χ4v) is 3.57. The number of benzene rings is 2. The Morgan fingerprint density at radius 3 is 2.19 bits per heavy atom. The van der Waals surface area contributed by atoms with Crippen LogP contribution in [0.15, 0.2) is 47.4 Å². The average molecular weight is 395 g/mol. The lowest BCUT2D eigenvalue weighted by molar-refractivity contribution is -0.674. The second-order valence-corrected chi connectivity index (χ2v) is 7.75. The van der Waals surface area contributed by atoms with Crippen LogP contribution in [0.4, 0.5) is 0 Å². The van der Waals surface area contributed by atoms with Crippen LogP contribution in [0.1, 0.15) is 25.2 Å². The average Bonchev–Trinajstić information content (AvgIpc) is 2.84. The maximum absolute atomic E-state index is 10.4. The van der Waals surface area contributed by atoms with Crippen molar-refractivity contribution in [1.29, 1.82) is 0 Å². The summed E-state index contributed by atoms with van der Waals surface area (Å²) >= 11 is 6.03. The summed E-state index contributed by atoms with van der Waals surface area (Å²) in [6.45, 7) is 10.3. The Morgan fingerprint density at radius 2 is 1.69 bits per heavy atom. The molecule has 0 bridgehead atoms. The van der Waals surface area contributed by atoms with Crippen molar-refractivity contribution in [1.82, 2.24) is 4.57 Å². The first-order valence-corrected chi connectivity index (χ1v) is 10.2. The minimum Gasteiger partial charge on any atom is -0.744 e. The predicted molar refractivity (Wildman–Crippen MR) is 102 cm³/mol. The molecule has 3 rings (SSSR count). The van der Waals surface area contributed by atoms with Crippen molar-refractivity contribution in [2.45, 2.75) is 45.7 Å². The number of imidazole rings is 1. The van der Waals surface area contributed by atoms with Gasteiger partial charge in [0.15, 0.2) is 11.0 Å². The Kier molecular flexibility index (Phi) is 6.44. The number of fused-ring (bicyclic) bond motifs is 1. The van der Waals surface area contributed by atoms with Crippen molar-refractivity contribution >= 4 is 32.8 Å². The molecule has 0 saturated heterocycles. The molecule has 3 aromatic rings. The molecule has 0 aliphatic rings. The third kappa shape index (κ3) is 4.44. The van der Waals surface area contributed by atoms with Gasteiger partial charge in [0, 0.05) is 18.0 Å². The van der Waals surface area contributed by atoms with Crippen molar-refractivity contribution < 1.29 is 17.5 Å². The molecule has 0 aliphatic carbocycles. The van der Waals surface area contributed by atoms with Crippen LogP contribution in [-0.4, -0.2) is 17.5 Å². The number of rotatable bonds is 3. The zero-order valence-electron chi connectivity index (χ0n) is 15.4. The summed E-state index contributed by atoms with van der Waals surface area (Å²) in [5, 5.41) is 0.804. The largest absolute Gasteiger partial charge is 0.744 e. The van der Waals surface area contributed by atoms with Crippen LogP contribution in [0.5, 0.6) is 0 Å². The monoisotopic (exact) mass is 394 g/mol. The van der Waals surface area contributed by atoms with E-state index in [1.165, 1.54) is 29.0 Å². The Bertz CT molecular complexity index is 1010. The second kappa shape index (κ2) is 8.20. The molecule has 2 aromatic carbocycles. The van der Waals surface area contributed by atoms with E-state index in [1.54, 1.807) is 12.1 Å². The van der Waals surface area contributed by atoms with Crippen LogP contribution in [0.2, 0.25) is 5.02 Å². The molecule has 7 heteroatoms. The van der Waals surface area contributed by atoms with Crippen molar-refractivity contribution in [3.8, 4) is 0 Å². The lowest BCUT2D eigenvalue weighted by Crippen LogP contribution is -2.34. The van der Waals surface area contributed by atoms with Crippen LogP contribution in [0.3, 0.4) is 0 Å². The minimum atomic E-state index is -4.27. The third-order valence-electron chi connectivity index (χ3n) is 4.24. The van der Waals surface area contributed by atoms with Gasteiger partial charge >= 0.3 is 0 Å². The number of aromatic nitrogens is 2. The molecule has 0 N–H and O–H groups in total. The SMILES string of the molecule is CCn1c(C)[n+](CC)c2ccc(Cl)cc21.Cc1ccc(S(=O)(=O)[O-])cc1. The fraction of sp³-hybridized carbons (Fsp3) is 0.316. The summed E-state index contributed by atoms with van der Waals surface area (Å²) in [6, 6.07) is 11.9. The summed E-state index contributed by atoms with van der Waals surface area (Å²) < 4.78 is 35.8. The highest BCUT2D eigenvalue weighted by Gasteiger charge is 2.19. The van der Waals surface area contributed by atoms with E-state index < -0.39 is 10.1 Å². The molecule has 5 nitrogen and oxygen atoms in total. The maximum atomic E-state index is 10.4. The molecule has 26 heavy (non-hydrogen) atoms. The Hall–Kier alpha value is -1.89. The number of hydrogen-bond acceptors (Lipinski definition) is 3. The topological polar surface area (TPSA) is 66.0 Å². The molecule has 140 valence electrons. The van der Waals surface area contributed by atoms with E-state index in [0.29, 0.717) is 0 Å². The highest BCUT2D eigenvalue weighted by atomic mass is 35.5. The quantitative estimate of drug-likeness (QED) is 0.501. The predicted octanol–water partition coefficient (Wildman–Crippen LogP) is 3.83. The highest BCUT2D eigenvalue weighted by Crippen LogP contribution is 2.19. The maximum Gasteiger partial charge on any atom is 0.254 e. The molecule has 0 amide bonds. The van der Waals surface area contributed by atoms with Crippen LogP contribution in [-0.2, 0) is 23.2 Å². The first kappa shape index (κ1) is 20.4. The van der Waals surface area contributed by atoms with Gasteiger partial charge in [0.2, 0.25) is 0 Å². The Morgan fingerprint density at radius 1 is 1.08 bits per heavy atom. The van der Waals surface area contributed by atoms with E-state index in [1.807, 2.05) is 19.1 Å². The van der Waals surface area contributed by atoms with Gasteiger partial charge in [-0.25, -0.2) is 17.6 Å². The smallest absolute Gasteiger partial charge is 0.254 e. The number of aryl methyl sites for hydroxylation is 3. The van der Waals surface area contributed by atoms with E-state index >= 15 is 0 Å². The van der Waals surface area contributed by atoms with Crippen molar-refractivity contribution in [2.75, 3.05) is 0 Å². The van der Waals surface area contributed by atoms with E-state index in [-0.39, 0.29) is 4.90 Å². The summed E-state index contributed by atoms with van der Waals surface area (Å²) in [6.07, 6.45) is 0. The first-order chi connectivity index (χ1) is 12.2. The van der Waals surface area contributed by atoms with Gasteiger partial charge in [0.25, 0.3) is 5.82 Å². The summed E-state index contributed by atoms with van der Waals surface area (Å²) in [4.78, 5) is -0.178. The van der Waals surface area contributed by atoms with Gasteiger partial charge in [-0.05, 0) is 45.0 Å². The van der Waals surface area contributed by atoms with Gasteiger partial charge in [-0.1, -0.05) is 29.3 Å². The van der Waals surface area contributed by atoms with E-state index in [9.17, 15) is 13.0 Å². The van der Waals surface area contributed by atoms with Crippen LogP contribution >= 0.6 is 11.6 Å². The molecule has 0 spiro atoms. The van der Waals surface area contributed by atoms with Gasteiger partial charge in [-0.15, -0.1) is 0 Å². The number of halogens is 1. The fourth-order valence-electron chi connectivity index (χ4n) is 2.94. The summed E-state index contributed by atoms with van der Waals surface area (Å²) in [5.41, 5.74) is 3.42. The van der Waals surface area contributed by atoms with Gasteiger partial charge in [0.1, 0.15) is 10.1 Å². The first-order valence-electron chi connectivity index (χ1n) is 8.39. The van der Waals surface area contributed by atoms with Crippen molar-refractivity contribution in [2.24, 2.45) is 0 Å². The molecule has 0 fully saturated rings. The molecule has 1 heterocycles. The molecule has 0 saturated carbocycles. The second-order valence-electron chi connectivity index (χ2n) is 5.94.